The van der Waals surface area contributed by atoms with Gasteiger partial charge in [0.1, 0.15) is 18.9 Å². The van der Waals surface area contributed by atoms with Crippen LogP contribution in [0.15, 0.2) is 125 Å². The van der Waals surface area contributed by atoms with E-state index in [1.807, 2.05) is 62.4 Å². The first-order valence-corrected chi connectivity index (χ1v) is 14.9. The van der Waals surface area contributed by atoms with E-state index in [9.17, 15) is 13.2 Å². The zero-order chi connectivity index (χ0) is 29.5. The van der Waals surface area contributed by atoms with Crippen molar-refractivity contribution in [2.45, 2.75) is 25.3 Å². The van der Waals surface area contributed by atoms with Gasteiger partial charge in [-0.15, -0.1) is 0 Å². The first kappa shape index (κ1) is 28.6. The Bertz CT molecular complexity index is 1830. The number of hydrogen-bond acceptors (Lipinski definition) is 5. The highest BCUT2D eigenvalue weighted by atomic mass is 32.2. The lowest BCUT2D eigenvalue weighted by atomic mass is 10.1. The van der Waals surface area contributed by atoms with E-state index < -0.39 is 22.5 Å². The number of carbonyl (C=O) groups excluding carboxylic acids is 1. The smallest absolute Gasteiger partial charge is 0.264 e. The molecule has 7 nitrogen and oxygen atoms in total. The van der Waals surface area contributed by atoms with Gasteiger partial charge in [0.05, 0.1) is 16.8 Å². The second-order valence-electron chi connectivity index (χ2n) is 9.83. The standard InChI is InChI=1S/C34H31N3O4S/c1-25-10-8-17-33(26(25)2)37(42(39,40)31-14-4-3-5-15-31)23-34(38)36-35-22-27-18-20-30(21-19-27)41-24-29-13-9-12-28-11-6-7-16-32(28)29/h3-22H,23-24H2,1-2H3,(H,36,38)/b35-22-. The molecule has 0 spiro atoms. The Morgan fingerprint density at radius 2 is 1.52 bits per heavy atom. The van der Waals surface area contributed by atoms with Crippen molar-refractivity contribution in [1.82, 2.24) is 5.43 Å². The van der Waals surface area contributed by atoms with Crippen LogP contribution in [0.4, 0.5) is 5.69 Å². The molecule has 42 heavy (non-hydrogen) atoms. The van der Waals surface area contributed by atoms with Gasteiger partial charge in [0.15, 0.2) is 0 Å². The molecule has 5 rings (SSSR count). The van der Waals surface area contributed by atoms with Gasteiger partial charge < -0.3 is 4.74 Å². The van der Waals surface area contributed by atoms with Gasteiger partial charge >= 0.3 is 0 Å². The summed E-state index contributed by atoms with van der Waals surface area (Å²) in [6, 6.07) is 35.1. The van der Waals surface area contributed by atoms with Crippen LogP contribution in [0.2, 0.25) is 0 Å². The number of aryl methyl sites for hydroxylation is 1. The molecule has 1 N–H and O–H groups in total. The fourth-order valence-electron chi connectivity index (χ4n) is 4.60. The van der Waals surface area contributed by atoms with Crippen molar-refractivity contribution in [1.29, 1.82) is 0 Å². The summed E-state index contributed by atoms with van der Waals surface area (Å²) in [4.78, 5) is 13.0. The Morgan fingerprint density at radius 3 is 2.31 bits per heavy atom. The molecule has 0 aliphatic heterocycles. The maximum atomic E-state index is 13.6. The predicted octanol–water partition coefficient (Wildman–Crippen LogP) is 6.38. The summed E-state index contributed by atoms with van der Waals surface area (Å²) in [5.41, 5.74) is 6.45. The molecule has 0 radical (unpaired) electrons. The van der Waals surface area contributed by atoms with Gasteiger partial charge in [0, 0.05) is 0 Å². The normalized spacial score (nSPS) is 11.5. The van der Waals surface area contributed by atoms with E-state index in [0.717, 1.165) is 31.9 Å². The largest absolute Gasteiger partial charge is 0.489 e. The van der Waals surface area contributed by atoms with Crippen LogP contribution in [0.25, 0.3) is 10.8 Å². The third-order valence-corrected chi connectivity index (χ3v) is 8.79. The summed E-state index contributed by atoms with van der Waals surface area (Å²) in [6.07, 6.45) is 1.50. The SMILES string of the molecule is Cc1cccc(N(CC(=O)N/N=C\c2ccc(OCc3cccc4ccccc34)cc2)S(=O)(=O)c2ccccc2)c1C. The molecule has 5 aromatic carbocycles. The fourth-order valence-corrected chi connectivity index (χ4v) is 6.10. The van der Waals surface area contributed by atoms with E-state index in [4.69, 9.17) is 4.74 Å². The summed E-state index contributed by atoms with van der Waals surface area (Å²) in [5, 5.41) is 6.38. The van der Waals surface area contributed by atoms with E-state index in [1.54, 1.807) is 30.3 Å². The molecule has 0 aromatic heterocycles. The molecule has 0 fully saturated rings. The van der Waals surface area contributed by atoms with Crippen LogP contribution in [0.1, 0.15) is 22.3 Å². The van der Waals surface area contributed by atoms with Gasteiger partial charge in [-0.2, -0.15) is 5.10 Å². The Labute approximate surface area is 246 Å². The van der Waals surface area contributed by atoms with E-state index in [2.05, 4.69) is 34.8 Å². The highest BCUT2D eigenvalue weighted by molar-refractivity contribution is 7.92. The summed E-state index contributed by atoms with van der Waals surface area (Å²) >= 11 is 0. The minimum Gasteiger partial charge on any atom is -0.489 e. The van der Waals surface area contributed by atoms with E-state index >= 15 is 0 Å². The van der Waals surface area contributed by atoms with Crippen molar-refractivity contribution >= 4 is 38.6 Å². The van der Waals surface area contributed by atoms with E-state index in [1.165, 1.54) is 23.7 Å². The second kappa shape index (κ2) is 12.7. The summed E-state index contributed by atoms with van der Waals surface area (Å²) in [6.45, 7) is 3.74. The molecule has 0 saturated carbocycles. The molecule has 5 aromatic rings. The lowest BCUT2D eigenvalue weighted by Gasteiger charge is -2.26. The first-order valence-electron chi connectivity index (χ1n) is 13.5. The summed E-state index contributed by atoms with van der Waals surface area (Å²) < 4.78 is 34.2. The summed E-state index contributed by atoms with van der Waals surface area (Å²) in [7, 11) is -4.00. The molecule has 0 aliphatic rings. The number of fused-ring (bicyclic) bond motifs is 1. The van der Waals surface area contributed by atoms with Gasteiger partial charge in [-0.3, -0.25) is 9.10 Å². The van der Waals surface area contributed by atoms with Crippen LogP contribution in [-0.4, -0.2) is 27.1 Å². The van der Waals surface area contributed by atoms with Crippen molar-refractivity contribution in [3.8, 4) is 5.75 Å². The number of rotatable bonds is 10. The van der Waals surface area contributed by atoms with Crippen molar-refractivity contribution in [3.63, 3.8) is 0 Å². The second-order valence-corrected chi connectivity index (χ2v) is 11.7. The number of carbonyl (C=O) groups is 1. The zero-order valence-electron chi connectivity index (χ0n) is 23.4. The first-order chi connectivity index (χ1) is 20.3. The number of hydrogen-bond donors (Lipinski definition) is 1. The molecule has 1 amide bonds. The number of benzene rings is 5. The predicted molar refractivity (Wildman–Crippen MR) is 167 cm³/mol. The lowest BCUT2D eigenvalue weighted by Crippen LogP contribution is -2.40. The molecule has 0 aliphatic carbocycles. The van der Waals surface area contributed by atoms with Crippen LogP contribution in [0.5, 0.6) is 5.75 Å². The van der Waals surface area contributed by atoms with Crippen LogP contribution >= 0.6 is 0 Å². The monoisotopic (exact) mass is 577 g/mol. The highest BCUT2D eigenvalue weighted by Gasteiger charge is 2.28. The van der Waals surface area contributed by atoms with E-state index in [0.29, 0.717) is 18.0 Å². The summed E-state index contributed by atoms with van der Waals surface area (Å²) in [5.74, 6) is 0.140. The van der Waals surface area contributed by atoms with Crippen LogP contribution < -0.4 is 14.5 Å². The molecular weight excluding hydrogens is 546 g/mol. The molecule has 0 atom stereocenters. The quantitative estimate of drug-likeness (QED) is 0.154. The molecule has 0 heterocycles. The topological polar surface area (TPSA) is 88.1 Å². The number of nitrogens with one attached hydrogen (secondary N) is 1. The Morgan fingerprint density at radius 1 is 0.833 bits per heavy atom. The Hall–Kier alpha value is -4.95. The minimum absolute atomic E-state index is 0.102. The lowest BCUT2D eigenvalue weighted by molar-refractivity contribution is -0.119. The number of hydrazone groups is 1. The molecule has 0 unspecified atom stereocenters. The maximum absolute atomic E-state index is 13.6. The van der Waals surface area contributed by atoms with Gasteiger partial charge in [-0.1, -0.05) is 72.8 Å². The number of nitrogens with zero attached hydrogens (tertiary/aromatic N) is 2. The van der Waals surface area contributed by atoms with Gasteiger partial charge in [0.2, 0.25) is 0 Å². The van der Waals surface area contributed by atoms with Gasteiger partial charge in [-0.25, -0.2) is 13.8 Å². The van der Waals surface area contributed by atoms with Crippen molar-refractivity contribution < 1.29 is 17.9 Å². The minimum atomic E-state index is -4.00. The number of anilines is 1. The third kappa shape index (κ3) is 6.50. The van der Waals surface area contributed by atoms with Crippen molar-refractivity contribution in [3.05, 3.63) is 138 Å². The van der Waals surface area contributed by atoms with Crippen LogP contribution in [0, 0.1) is 13.8 Å². The zero-order valence-corrected chi connectivity index (χ0v) is 24.2. The highest BCUT2D eigenvalue weighted by Crippen LogP contribution is 2.28. The van der Waals surface area contributed by atoms with E-state index in [-0.39, 0.29) is 4.90 Å². The third-order valence-electron chi connectivity index (χ3n) is 7.02. The number of sulfonamides is 1. The maximum Gasteiger partial charge on any atom is 0.264 e. The van der Waals surface area contributed by atoms with Gasteiger partial charge in [0.25, 0.3) is 15.9 Å². The van der Waals surface area contributed by atoms with Crippen molar-refractivity contribution in [2.75, 3.05) is 10.8 Å². The van der Waals surface area contributed by atoms with Gasteiger partial charge in [-0.05, 0) is 89.3 Å². The molecule has 212 valence electrons. The number of ether oxygens (including phenoxy) is 1. The number of amides is 1. The van der Waals surface area contributed by atoms with Crippen molar-refractivity contribution in [2.24, 2.45) is 5.10 Å². The van der Waals surface area contributed by atoms with Crippen LogP contribution in [-0.2, 0) is 21.4 Å². The molecular formula is C34H31N3O4S. The Kier molecular flexibility index (Phi) is 8.64. The average molecular weight is 578 g/mol. The molecule has 0 bridgehead atoms. The average Bonchev–Trinajstić information content (AvgIpc) is 3.01. The molecule has 0 saturated heterocycles. The fraction of sp³-hybridized carbons (Fsp3) is 0.118. The Balaban J connectivity index is 1.24. The molecule has 8 heteroatoms. The van der Waals surface area contributed by atoms with Crippen LogP contribution in [0.3, 0.4) is 0 Å².